The van der Waals surface area contributed by atoms with Crippen molar-refractivity contribution in [2.24, 2.45) is 0 Å². The van der Waals surface area contributed by atoms with Gasteiger partial charge < -0.3 is 19.9 Å². The van der Waals surface area contributed by atoms with Crippen LogP contribution in [0, 0.1) is 0 Å². The monoisotopic (exact) mass is 379 g/mol. The maximum Gasteiger partial charge on any atom is 0.435 e. The number of aliphatic hydroxyl groups excluding tert-OH is 1. The number of carbonyl (C=O) groups excluding carboxylic acids is 1. The average molecular weight is 379 g/mol. The number of carbonyl (C=O) groups is 2. The average Bonchev–Trinajstić information content (AvgIpc) is 3.00. The number of hydrogen-bond acceptors (Lipinski definition) is 4. The van der Waals surface area contributed by atoms with Crippen LogP contribution < -0.4 is 5.32 Å². The number of alkyl halides is 3. The van der Waals surface area contributed by atoms with Gasteiger partial charge in [-0.15, -0.1) is 0 Å². The van der Waals surface area contributed by atoms with Gasteiger partial charge in [-0.3, -0.25) is 4.79 Å². The van der Waals surface area contributed by atoms with E-state index in [1.54, 1.807) is 30.3 Å². The number of hydrogen-bond donors (Lipinski definition) is 3. The van der Waals surface area contributed by atoms with E-state index in [1.165, 1.54) is 6.07 Å². The number of anilines is 1. The Balaban J connectivity index is 2.05. The Labute approximate surface area is 149 Å². The molecule has 3 aromatic rings. The van der Waals surface area contributed by atoms with Crippen molar-refractivity contribution in [1.29, 1.82) is 0 Å². The third kappa shape index (κ3) is 3.60. The fraction of sp³-hybridized carbons (Fsp3) is 0.118. The molecule has 1 unspecified atom stereocenters. The van der Waals surface area contributed by atoms with Crippen LogP contribution in [0.5, 0.6) is 0 Å². The van der Waals surface area contributed by atoms with E-state index in [4.69, 9.17) is 5.11 Å². The number of imidazole rings is 1. The second-order valence-corrected chi connectivity index (χ2v) is 5.55. The summed E-state index contributed by atoms with van der Waals surface area (Å²) in [5.74, 6) is -2.44. The molecule has 10 heteroatoms. The molecule has 140 valence electrons. The van der Waals surface area contributed by atoms with E-state index in [-0.39, 0.29) is 11.2 Å². The Bertz CT molecular complexity index is 1020. The molecule has 3 N–H and O–H groups in total. The second kappa shape index (κ2) is 6.72. The number of aliphatic hydroxyl groups is 1. The van der Waals surface area contributed by atoms with Crippen LogP contribution in [-0.4, -0.2) is 31.5 Å². The van der Waals surface area contributed by atoms with Crippen LogP contribution in [0.4, 0.5) is 18.9 Å². The summed E-state index contributed by atoms with van der Waals surface area (Å²) in [6, 6.07) is 10.7. The topological polar surface area (TPSA) is 104 Å². The molecule has 0 saturated heterocycles. The van der Waals surface area contributed by atoms with Crippen molar-refractivity contribution >= 4 is 23.2 Å². The first-order valence-electron chi connectivity index (χ1n) is 7.55. The number of halogens is 3. The predicted molar refractivity (Wildman–Crippen MR) is 87.2 cm³/mol. The summed E-state index contributed by atoms with van der Waals surface area (Å²) >= 11 is 0. The van der Waals surface area contributed by atoms with Gasteiger partial charge in [0, 0.05) is 17.4 Å². The number of nitrogens with one attached hydrogen (secondary N) is 1. The smallest absolute Gasteiger partial charge is 0.435 e. The zero-order valence-corrected chi connectivity index (χ0v) is 13.4. The van der Waals surface area contributed by atoms with E-state index in [2.05, 4.69) is 10.3 Å². The van der Waals surface area contributed by atoms with Crippen LogP contribution in [0.2, 0.25) is 0 Å². The second-order valence-electron chi connectivity index (χ2n) is 5.55. The van der Waals surface area contributed by atoms with Gasteiger partial charge in [-0.2, -0.15) is 13.2 Å². The van der Waals surface area contributed by atoms with Crippen molar-refractivity contribution in [2.45, 2.75) is 12.3 Å². The number of pyridine rings is 1. The van der Waals surface area contributed by atoms with Gasteiger partial charge in [0.25, 0.3) is 5.91 Å². The number of nitrogens with zero attached hydrogens (tertiary/aromatic N) is 2. The number of carboxylic acids is 1. The van der Waals surface area contributed by atoms with Gasteiger partial charge in [0.2, 0.25) is 0 Å². The van der Waals surface area contributed by atoms with Crippen molar-refractivity contribution in [3.63, 3.8) is 0 Å². The lowest BCUT2D eigenvalue weighted by Crippen LogP contribution is -2.18. The molecule has 2 heterocycles. The number of benzene rings is 1. The van der Waals surface area contributed by atoms with Gasteiger partial charge in [-0.1, -0.05) is 18.2 Å². The Morgan fingerprint density at radius 2 is 1.81 bits per heavy atom. The summed E-state index contributed by atoms with van der Waals surface area (Å²) in [7, 11) is 0. The predicted octanol–water partition coefficient (Wildman–Crippen LogP) is 2.72. The van der Waals surface area contributed by atoms with Crippen molar-refractivity contribution in [2.75, 3.05) is 5.32 Å². The molecule has 0 aliphatic carbocycles. The standard InChI is InChI=1S/C17H12F3N3O4/c18-17(19,20)14-12(13(24)16(26)27)23-7-6-9(8-11(23)22-14)15(25)21-10-4-2-1-3-5-10/h1-8,13,24H,(H,21,25)(H,26,27). The van der Waals surface area contributed by atoms with Crippen LogP contribution in [0.3, 0.4) is 0 Å². The van der Waals surface area contributed by atoms with Gasteiger partial charge in [0.1, 0.15) is 5.65 Å². The van der Waals surface area contributed by atoms with Crippen molar-refractivity contribution < 1.29 is 33.0 Å². The van der Waals surface area contributed by atoms with Crippen LogP contribution >= 0.6 is 0 Å². The number of rotatable bonds is 4. The molecule has 0 saturated carbocycles. The van der Waals surface area contributed by atoms with Crippen LogP contribution in [0.15, 0.2) is 48.7 Å². The molecular formula is C17H12F3N3O4. The number of carboxylic acid groups (broad SMARTS) is 1. The molecule has 0 fully saturated rings. The van der Waals surface area contributed by atoms with Crippen LogP contribution in [0.1, 0.15) is 27.8 Å². The summed E-state index contributed by atoms with van der Waals surface area (Å²) in [5.41, 5.74) is -2.28. The van der Waals surface area contributed by atoms with E-state index < -0.39 is 35.5 Å². The highest BCUT2D eigenvalue weighted by molar-refractivity contribution is 6.04. The lowest BCUT2D eigenvalue weighted by atomic mass is 10.2. The van der Waals surface area contributed by atoms with Crippen LogP contribution in [-0.2, 0) is 11.0 Å². The Hall–Kier alpha value is -3.40. The van der Waals surface area contributed by atoms with Crippen molar-refractivity contribution in [3.05, 3.63) is 65.6 Å². The third-order valence-electron chi connectivity index (χ3n) is 3.72. The molecule has 1 atom stereocenters. The molecule has 0 aliphatic heterocycles. The number of fused-ring (bicyclic) bond motifs is 1. The first-order valence-corrected chi connectivity index (χ1v) is 7.55. The van der Waals surface area contributed by atoms with Crippen LogP contribution in [0.25, 0.3) is 5.65 Å². The molecule has 3 rings (SSSR count). The minimum absolute atomic E-state index is 0.0152. The highest BCUT2D eigenvalue weighted by Gasteiger charge is 2.41. The van der Waals surface area contributed by atoms with E-state index >= 15 is 0 Å². The summed E-state index contributed by atoms with van der Waals surface area (Å²) in [4.78, 5) is 26.6. The van der Waals surface area contributed by atoms with E-state index in [1.807, 2.05) is 0 Å². The van der Waals surface area contributed by atoms with E-state index in [0.717, 1.165) is 16.7 Å². The van der Waals surface area contributed by atoms with Gasteiger partial charge in [-0.05, 0) is 24.3 Å². The largest absolute Gasteiger partial charge is 0.479 e. The summed E-state index contributed by atoms with van der Waals surface area (Å²) in [6.07, 6.45) is -6.36. The first kappa shape index (κ1) is 18.4. The maximum absolute atomic E-state index is 13.2. The minimum atomic E-state index is -4.98. The molecule has 7 nitrogen and oxygen atoms in total. The number of aliphatic carboxylic acids is 1. The normalized spacial score (nSPS) is 12.7. The van der Waals surface area contributed by atoms with Gasteiger partial charge >= 0.3 is 12.1 Å². The fourth-order valence-electron chi connectivity index (χ4n) is 2.52. The fourth-order valence-corrected chi connectivity index (χ4v) is 2.52. The quantitative estimate of drug-likeness (QED) is 0.647. The molecule has 0 aliphatic rings. The molecule has 2 aromatic heterocycles. The number of amides is 1. The number of para-hydroxylation sites is 1. The molecule has 1 amide bonds. The third-order valence-corrected chi connectivity index (χ3v) is 3.72. The summed E-state index contributed by atoms with van der Waals surface area (Å²) in [5, 5.41) is 21.1. The highest BCUT2D eigenvalue weighted by Crippen LogP contribution is 2.35. The van der Waals surface area contributed by atoms with E-state index in [9.17, 15) is 27.9 Å². The van der Waals surface area contributed by atoms with Crippen molar-refractivity contribution in [1.82, 2.24) is 9.38 Å². The SMILES string of the molecule is O=C(Nc1ccccc1)c1ccn2c(C(O)C(=O)O)c(C(F)(F)F)nc2c1. The highest BCUT2D eigenvalue weighted by atomic mass is 19.4. The molecule has 1 aromatic carbocycles. The van der Waals surface area contributed by atoms with E-state index in [0.29, 0.717) is 5.69 Å². The summed E-state index contributed by atoms with van der Waals surface area (Å²) < 4.78 is 40.4. The minimum Gasteiger partial charge on any atom is -0.479 e. The first-order chi connectivity index (χ1) is 12.7. The lowest BCUT2D eigenvalue weighted by molar-refractivity contribution is -0.150. The van der Waals surface area contributed by atoms with Gasteiger partial charge in [0.05, 0.1) is 5.69 Å². The zero-order valence-electron chi connectivity index (χ0n) is 13.4. The molecule has 27 heavy (non-hydrogen) atoms. The lowest BCUT2D eigenvalue weighted by Gasteiger charge is -2.10. The zero-order chi connectivity index (χ0) is 19.8. The number of aromatic nitrogens is 2. The maximum atomic E-state index is 13.2. The van der Waals surface area contributed by atoms with Gasteiger partial charge in [0.15, 0.2) is 11.8 Å². The molecule has 0 spiro atoms. The Morgan fingerprint density at radius 3 is 2.41 bits per heavy atom. The molecular weight excluding hydrogens is 367 g/mol. The van der Waals surface area contributed by atoms with Crippen molar-refractivity contribution in [3.8, 4) is 0 Å². The van der Waals surface area contributed by atoms with Gasteiger partial charge in [-0.25, -0.2) is 9.78 Å². The molecule has 0 radical (unpaired) electrons. The molecule has 0 bridgehead atoms. The summed E-state index contributed by atoms with van der Waals surface area (Å²) in [6.45, 7) is 0. The Morgan fingerprint density at radius 1 is 1.15 bits per heavy atom. The Kier molecular flexibility index (Phi) is 4.58.